The Bertz CT molecular complexity index is 710. The first-order chi connectivity index (χ1) is 12.1. The molecule has 3 rings (SSSR count). The maximum absolute atomic E-state index is 12.4. The van der Waals surface area contributed by atoms with Crippen LogP contribution in [0.3, 0.4) is 0 Å². The SMILES string of the molecule is Cc1nc(-c2ccc(Cl)cc2)sc1C(=O)NCCCN1CCNCC1. The number of aryl methyl sites for hydroxylation is 1. The second-order valence-corrected chi connectivity index (χ2v) is 7.58. The number of nitrogens with one attached hydrogen (secondary N) is 2. The predicted octanol–water partition coefficient (Wildman–Crippen LogP) is 2.80. The fourth-order valence-electron chi connectivity index (χ4n) is 2.84. The van der Waals surface area contributed by atoms with Gasteiger partial charge in [0.15, 0.2) is 0 Å². The molecule has 1 saturated heterocycles. The van der Waals surface area contributed by atoms with Gasteiger partial charge < -0.3 is 15.5 Å². The number of nitrogens with zero attached hydrogens (tertiary/aromatic N) is 2. The molecule has 0 radical (unpaired) electrons. The van der Waals surface area contributed by atoms with Gasteiger partial charge in [0.05, 0.1) is 5.69 Å². The number of hydrogen-bond acceptors (Lipinski definition) is 5. The summed E-state index contributed by atoms with van der Waals surface area (Å²) in [4.78, 5) is 20.1. The topological polar surface area (TPSA) is 57.3 Å². The number of rotatable bonds is 6. The maximum atomic E-state index is 12.4. The summed E-state index contributed by atoms with van der Waals surface area (Å²) in [5.74, 6) is -0.0319. The van der Waals surface area contributed by atoms with Gasteiger partial charge in [0.1, 0.15) is 9.88 Å². The highest BCUT2D eigenvalue weighted by molar-refractivity contribution is 7.17. The van der Waals surface area contributed by atoms with E-state index < -0.39 is 0 Å². The van der Waals surface area contributed by atoms with Gasteiger partial charge in [-0.1, -0.05) is 23.7 Å². The van der Waals surface area contributed by atoms with E-state index in [9.17, 15) is 4.79 Å². The van der Waals surface area contributed by atoms with Crippen LogP contribution < -0.4 is 10.6 Å². The Balaban J connectivity index is 1.52. The van der Waals surface area contributed by atoms with Gasteiger partial charge in [-0.3, -0.25) is 4.79 Å². The van der Waals surface area contributed by atoms with Gasteiger partial charge in [0, 0.05) is 43.3 Å². The lowest BCUT2D eigenvalue weighted by Crippen LogP contribution is -2.44. The summed E-state index contributed by atoms with van der Waals surface area (Å²) >= 11 is 7.35. The molecule has 5 nitrogen and oxygen atoms in total. The summed E-state index contributed by atoms with van der Waals surface area (Å²) in [5.41, 5.74) is 1.75. The van der Waals surface area contributed by atoms with E-state index in [1.54, 1.807) is 0 Å². The fourth-order valence-corrected chi connectivity index (χ4v) is 3.96. The summed E-state index contributed by atoms with van der Waals surface area (Å²) < 4.78 is 0. The van der Waals surface area contributed by atoms with Crippen LogP contribution >= 0.6 is 22.9 Å². The minimum absolute atomic E-state index is 0.0319. The van der Waals surface area contributed by atoms with Crippen LogP contribution in [0.4, 0.5) is 0 Å². The fraction of sp³-hybridized carbons (Fsp3) is 0.444. The standard InChI is InChI=1S/C18H23ClN4OS/c1-13-16(25-18(22-13)14-3-5-15(19)6-4-14)17(24)21-7-2-10-23-11-8-20-9-12-23/h3-6,20H,2,7-12H2,1H3,(H,21,24). The van der Waals surface area contributed by atoms with Crippen molar-refractivity contribution in [3.63, 3.8) is 0 Å². The lowest BCUT2D eigenvalue weighted by molar-refractivity contribution is 0.0954. The number of halogens is 1. The lowest BCUT2D eigenvalue weighted by atomic mass is 10.2. The maximum Gasteiger partial charge on any atom is 0.263 e. The molecule has 1 aromatic carbocycles. The molecule has 0 aliphatic carbocycles. The highest BCUT2D eigenvalue weighted by Crippen LogP contribution is 2.28. The molecule has 134 valence electrons. The molecule has 1 aliphatic heterocycles. The van der Waals surface area contributed by atoms with Crippen LogP contribution in [0.25, 0.3) is 10.6 Å². The number of amides is 1. The van der Waals surface area contributed by atoms with Crippen molar-refractivity contribution in [2.75, 3.05) is 39.3 Å². The van der Waals surface area contributed by atoms with Crippen molar-refractivity contribution in [1.82, 2.24) is 20.5 Å². The predicted molar refractivity (Wildman–Crippen MR) is 104 cm³/mol. The van der Waals surface area contributed by atoms with Crippen molar-refractivity contribution < 1.29 is 4.79 Å². The van der Waals surface area contributed by atoms with Gasteiger partial charge in [-0.25, -0.2) is 4.98 Å². The van der Waals surface area contributed by atoms with E-state index in [4.69, 9.17) is 11.6 Å². The zero-order valence-corrected chi connectivity index (χ0v) is 15.9. The average molecular weight is 379 g/mol. The van der Waals surface area contributed by atoms with E-state index in [0.717, 1.165) is 55.4 Å². The van der Waals surface area contributed by atoms with Crippen molar-refractivity contribution in [2.45, 2.75) is 13.3 Å². The molecule has 1 amide bonds. The van der Waals surface area contributed by atoms with Crippen molar-refractivity contribution in [2.24, 2.45) is 0 Å². The second kappa shape index (κ2) is 8.76. The summed E-state index contributed by atoms with van der Waals surface area (Å²) in [6.45, 7) is 7.89. The summed E-state index contributed by atoms with van der Waals surface area (Å²) in [5, 5.41) is 7.91. The Labute approximate surface area is 157 Å². The number of benzene rings is 1. The smallest absolute Gasteiger partial charge is 0.263 e. The number of carbonyl (C=O) groups is 1. The molecule has 0 spiro atoms. The van der Waals surface area contributed by atoms with Crippen LogP contribution in [0.2, 0.25) is 5.02 Å². The zero-order chi connectivity index (χ0) is 17.6. The molecule has 1 aliphatic rings. The van der Waals surface area contributed by atoms with Crippen LogP contribution in [0, 0.1) is 6.92 Å². The summed E-state index contributed by atoms with van der Waals surface area (Å²) in [7, 11) is 0. The van der Waals surface area contributed by atoms with Gasteiger partial charge in [-0.2, -0.15) is 0 Å². The van der Waals surface area contributed by atoms with Crippen molar-refractivity contribution in [3.05, 3.63) is 39.9 Å². The number of piperazine rings is 1. The third-order valence-corrected chi connectivity index (χ3v) is 5.70. The van der Waals surface area contributed by atoms with Crippen LogP contribution in [0.5, 0.6) is 0 Å². The quantitative estimate of drug-likeness (QED) is 0.759. The Kier molecular flexibility index (Phi) is 6.42. The largest absolute Gasteiger partial charge is 0.351 e. The molecule has 25 heavy (non-hydrogen) atoms. The Morgan fingerprint density at radius 1 is 1.32 bits per heavy atom. The van der Waals surface area contributed by atoms with Gasteiger partial charge in [0.2, 0.25) is 0 Å². The minimum atomic E-state index is -0.0319. The molecular formula is C18H23ClN4OS. The van der Waals surface area contributed by atoms with Crippen LogP contribution in [0.1, 0.15) is 21.8 Å². The Hall–Kier alpha value is -1.47. The van der Waals surface area contributed by atoms with E-state index in [2.05, 4.69) is 20.5 Å². The van der Waals surface area contributed by atoms with Crippen molar-refractivity contribution in [3.8, 4) is 10.6 Å². The number of hydrogen-bond donors (Lipinski definition) is 2. The lowest BCUT2D eigenvalue weighted by Gasteiger charge is -2.27. The Morgan fingerprint density at radius 3 is 2.76 bits per heavy atom. The molecule has 0 unspecified atom stereocenters. The molecule has 7 heteroatoms. The third-order valence-electron chi connectivity index (χ3n) is 4.24. The van der Waals surface area contributed by atoms with Crippen LogP contribution in [0.15, 0.2) is 24.3 Å². The molecule has 0 atom stereocenters. The molecule has 1 fully saturated rings. The minimum Gasteiger partial charge on any atom is -0.351 e. The van der Waals surface area contributed by atoms with E-state index in [0.29, 0.717) is 16.4 Å². The number of carbonyl (C=O) groups excluding carboxylic acids is 1. The molecule has 1 aromatic heterocycles. The van der Waals surface area contributed by atoms with E-state index in [1.165, 1.54) is 11.3 Å². The molecule has 0 bridgehead atoms. The summed E-state index contributed by atoms with van der Waals surface area (Å²) in [6, 6.07) is 7.53. The van der Waals surface area contributed by atoms with E-state index in [1.807, 2.05) is 31.2 Å². The van der Waals surface area contributed by atoms with E-state index >= 15 is 0 Å². The van der Waals surface area contributed by atoms with Crippen molar-refractivity contribution in [1.29, 1.82) is 0 Å². The van der Waals surface area contributed by atoms with Gasteiger partial charge >= 0.3 is 0 Å². The highest BCUT2D eigenvalue weighted by atomic mass is 35.5. The third kappa shape index (κ3) is 5.01. The molecule has 2 heterocycles. The molecular weight excluding hydrogens is 356 g/mol. The van der Waals surface area contributed by atoms with Gasteiger partial charge in [-0.05, 0) is 32.0 Å². The number of aromatic nitrogens is 1. The first-order valence-electron chi connectivity index (χ1n) is 8.58. The molecule has 0 saturated carbocycles. The molecule has 2 N–H and O–H groups in total. The van der Waals surface area contributed by atoms with Crippen LogP contribution in [-0.2, 0) is 0 Å². The van der Waals surface area contributed by atoms with Gasteiger partial charge in [0.25, 0.3) is 5.91 Å². The highest BCUT2D eigenvalue weighted by Gasteiger charge is 2.16. The van der Waals surface area contributed by atoms with Crippen LogP contribution in [-0.4, -0.2) is 55.1 Å². The normalized spacial score (nSPS) is 15.3. The van der Waals surface area contributed by atoms with Gasteiger partial charge in [-0.15, -0.1) is 11.3 Å². The monoisotopic (exact) mass is 378 g/mol. The number of thiazole rings is 1. The first kappa shape index (κ1) is 18.3. The van der Waals surface area contributed by atoms with E-state index in [-0.39, 0.29) is 5.91 Å². The molecule has 2 aromatic rings. The van der Waals surface area contributed by atoms with Crippen molar-refractivity contribution >= 4 is 28.8 Å². The first-order valence-corrected chi connectivity index (χ1v) is 9.77. The summed E-state index contributed by atoms with van der Waals surface area (Å²) in [6.07, 6.45) is 0.966. The second-order valence-electron chi connectivity index (χ2n) is 6.14. The zero-order valence-electron chi connectivity index (χ0n) is 14.3. The Morgan fingerprint density at radius 2 is 2.04 bits per heavy atom. The average Bonchev–Trinajstić information content (AvgIpc) is 3.02.